The Balaban J connectivity index is 2.13. The summed E-state index contributed by atoms with van der Waals surface area (Å²) in [5, 5.41) is 12.0. The Morgan fingerprint density at radius 3 is 2.74 bits per heavy atom. The fourth-order valence-electron chi connectivity index (χ4n) is 1.84. The van der Waals surface area contributed by atoms with Crippen LogP contribution < -0.4 is 5.32 Å². The number of rotatable bonds is 3. The molecule has 1 aromatic heterocycles. The maximum absolute atomic E-state index is 13.2. The standard InChI is InChI=1S/C15H14FN3/c1-10-3-6-15(11(2)19-10)18-9-12-4-5-14(16)13(7-12)8-17/h3-7,18H,9H2,1-2H3. The van der Waals surface area contributed by atoms with E-state index in [2.05, 4.69) is 10.3 Å². The van der Waals surface area contributed by atoms with Crippen molar-refractivity contribution >= 4 is 5.69 Å². The number of aryl methyl sites for hydroxylation is 2. The summed E-state index contributed by atoms with van der Waals surface area (Å²) in [6, 6.07) is 10.3. The highest BCUT2D eigenvalue weighted by atomic mass is 19.1. The maximum atomic E-state index is 13.2. The summed E-state index contributed by atoms with van der Waals surface area (Å²) in [6.45, 7) is 4.40. The number of aromatic nitrogens is 1. The number of hydrogen-bond acceptors (Lipinski definition) is 3. The predicted octanol–water partition coefficient (Wildman–Crippen LogP) is 3.32. The molecule has 0 aliphatic carbocycles. The summed E-state index contributed by atoms with van der Waals surface area (Å²) in [7, 11) is 0. The zero-order chi connectivity index (χ0) is 13.8. The van der Waals surface area contributed by atoms with E-state index < -0.39 is 5.82 Å². The number of benzene rings is 1. The van der Waals surface area contributed by atoms with Crippen molar-refractivity contribution in [1.82, 2.24) is 4.98 Å². The SMILES string of the molecule is Cc1ccc(NCc2ccc(F)c(C#N)c2)c(C)n1. The lowest BCUT2D eigenvalue weighted by Crippen LogP contribution is -2.03. The summed E-state index contributed by atoms with van der Waals surface area (Å²) in [5.41, 5.74) is 3.75. The Hall–Kier alpha value is -2.41. The van der Waals surface area contributed by atoms with E-state index in [-0.39, 0.29) is 5.56 Å². The largest absolute Gasteiger partial charge is 0.380 e. The van der Waals surface area contributed by atoms with Crippen LogP contribution in [0, 0.1) is 31.0 Å². The fraction of sp³-hybridized carbons (Fsp3) is 0.200. The van der Waals surface area contributed by atoms with Crippen LogP contribution in [-0.4, -0.2) is 4.98 Å². The molecule has 0 atom stereocenters. The van der Waals surface area contributed by atoms with Crippen molar-refractivity contribution in [2.75, 3.05) is 5.32 Å². The van der Waals surface area contributed by atoms with Gasteiger partial charge in [0.25, 0.3) is 0 Å². The second kappa shape index (κ2) is 5.49. The molecule has 0 aliphatic heterocycles. The van der Waals surface area contributed by atoms with E-state index in [0.717, 1.165) is 22.6 Å². The van der Waals surface area contributed by atoms with E-state index >= 15 is 0 Å². The Morgan fingerprint density at radius 1 is 1.26 bits per heavy atom. The van der Waals surface area contributed by atoms with Gasteiger partial charge in [-0.1, -0.05) is 6.07 Å². The molecule has 0 aliphatic rings. The van der Waals surface area contributed by atoms with E-state index in [1.165, 1.54) is 6.07 Å². The van der Waals surface area contributed by atoms with Gasteiger partial charge in [0.1, 0.15) is 11.9 Å². The van der Waals surface area contributed by atoms with Crippen molar-refractivity contribution in [2.24, 2.45) is 0 Å². The molecule has 3 nitrogen and oxygen atoms in total. The third-order valence-electron chi connectivity index (χ3n) is 2.86. The van der Waals surface area contributed by atoms with E-state index in [0.29, 0.717) is 6.54 Å². The number of pyridine rings is 1. The summed E-state index contributed by atoms with van der Waals surface area (Å²) in [6.07, 6.45) is 0. The molecule has 0 saturated heterocycles. The molecule has 0 unspecified atom stereocenters. The van der Waals surface area contributed by atoms with Crippen molar-refractivity contribution in [3.8, 4) is 6.07 Å². The second-order valence-electron chi connectivity index (χ2n) is 4.37. The molecular formula is C15H14FN3. The van der Waals surface area contributed by atoms with Gasteiger partial charge < -0.3 is 5.32 Å². The number of hydrogen-bond donors (Lipinski definition) is 1. The number of anilines is 1. The first kappa shape index (κ1) is 13.0. The average Bonchev–Trinajstić information content (AvgIpc) is 2.39. The maximum Gasteiger partial charge on any atom is 0.140 e. The molecule has 2 aromatic rings. The highest BCUT2D eigenvalue weighted by Crippen LogP contribution is 2.15. The lowest BCUT2D eigenvalue weighted by atomic mass is 10.1. The van der Waals surface area contributed by atoms with Gasteiger partial charge in [-0.3, -0.25) is 4.98 Å². The molecule has 0 amide bonds. The molecular weight excluding hydrogens is 241 g/mol. The Labute approximate surface area is 111 Å². The molecule has 96 valence electrons. The van der Waals surface area contributed by atoms with Crippen LogP contribution in [0.4, 0.5) is 10.1 Å². The topological polar surface area (TPSA) is 48.7 Å². The van der Waals surface area contributed by atoms with Gasteiger partial charge in [0.15, 0.2) is 0 Å². The van der Waals surface area contributed by atoms with Gasteiger partial charge in [0.05, 0.1) is 16.9 Å². The Morgan fingerprint density at radius 2 is 2.05 bits per heavy atom. The summed E-state index contributed by atoms with van der Waals surface area (Å²) < 4.78 is 13.2. The van der Waals surface area contributed by atoms with Gasteiger partial charge >= 0.3 is 0 Å². The summed E-state index contributed by atoms with van der Waals surface area (Å²) >= 11 is 0. The highest BCUT2D eigenvalue weighted by molar-refractivity contribution is 5.48. The Kier molecular flexibility index (Phi) is 3.76. The van der Waals surface area contributed by atoms with Crippen molar-refractivity contribution in [1.29, 1.82) is 5.26 Å². The first-order chi connectivity index (χ1) is 9.10. The van der Waals surface area contributed by atoms with Gasteiger partial charge in [-0.15, -0.1) is 0 Å². The molecule has 0 bridgehead atoms. The van der Waals surface area contributed by atoms with Gasteiger partial charge in [0, 0.05) is 12.2 Å². The molecule has 4 heteroatoms. The number of halogens is 1. The minimum absolute atomic E-state index is 0.0676. The third kappa shape index (κ3) is 3.08. The van der Waals surface area contributed by atoms with Crippen LogP contribution in [0.1, 0.15) is 22.5 Å². The lowest BCUT2D eigenvalue weighted by molar-refractivity contribution is 0.623. The smallest absolute Gasteiger partial charge is 0.140 e. The van der Waals surface area contributed by atoms with Crippen LogP contribution >= 0.6 is 0 Å². The molecule has 0 saturated carbocycles. The van der Waals surface area contributed by atoms with Crippen LogP contribution in [-0.2, 0) is 6.54 Å². The number of nitrogens with zero attached hydrogens (tertiary/aromatic N) is 2. The molecule has 1 aromatic carbocycles. The summed E-state index contributed by atoms with van der Waals surface area (Å²) in [4.78, 5) is 4.36. The van der Waals surface area contributed by atoms with Crippen LogP contribution in [0.2, 0.25) is 0 Å². The quantitative estimate of drug-likeness (QED) is 0.915. The Bertz CT molecular complexity index is 644. The molecule has 0 fully saturated rings. The monoisotopic (exact) mass is 255 g/mol. The number of nitriles is 1. The van der Waals surface area contributed by atoms with Crippen molar-refractivity contribution < 1.29 is 4.39 Å². The van der Waals surface area contributed by atoms with E-state index in [1.807, 2.05) is 32.0 Å². The van der Waals surface area contributed by atoms with Crippen LogP contribution in [0.25, 0.3) is 0 Å². The predicted molar refractivity (Wildman–Crippen MR) is 72.2 cm³/mol. The van der Waals surface area contributed by atoms with Crippen molar-refractivity contribution in [3.63, 3.8) is 0 Å². The lowest BCUT2D eigenvalue weighted by Gasteiger charge is -2.10. The van der Waals surface area contributed by atoms with Crippen molar-refractivity contribution in [3.05, 3.63) is 58.7 Å². The van der Waals surface area contributed by atoms with Crippen molar-refractivity contribution in [2.45, 2.75) is 20.4 Å². The minimum atomic E-state index is -0.487. The fourth-order valence-corrected chi connectivity index (χ4v) is 1.84. The third-order valence-corrected chi connectivity index (χ3v) is 2.86. The minimum Gasteiger partial charge on any atom is -0.380 e. The van der Waals surface area contributed by atoms with Crippen LogP contribution in [0.3, 0.4) is 0 Å². The van der Waals surface area contributed by atoms with Gasteiger partial charge in [-0.2, -0.15) is 5.26 Å². The zero-order valence-corrected chi connectivity index (χ0v) is 10.9. The second-order valence-corrected chi connectivity index (χ2v) is 4.37. The molecule has 2 rings (SSSR count). The molecule has 0 spiro atoms. The van der Waals surface area contributed by atoms with Gasteiger partial charge in [0.2, 0.25) is 0 Å². The molecule has 1 N–H and O–H groups in total. The summed E-state index contributed by atoms with van der Waals surface area (Å²) in [5.74, 6) is -0.487. The molecule has 1 heterocycles. The highest BCUT2D eigenvalue weighted by Gasteiger charge is 2.04. The average molecular weight is 255 g/mol. The van der Waals surface area contributed by atoms with Crippen LogP contribution in [0.15, 0.2) is 30.3 Å². The molecule has 0 radical (unpaired) electrons. The first-order valence-electron chi connectivity index (χ1n) is 5.97. The van der Waals surface area contributed by atoms with E-state index in [9.17, 15) is 4.39 Å². The normalized spacial score (nSPS) is 10.0. The van der Waals surface area contributed by atoms with Gasteiger partial charge in [-0.25, -0.2) is 4.39 Å². The first-order valence-corrected chi connectivity index (χ1v) is 5.97. The van der Waals surface area contributed by atoms with E-state index in [1.54, 1.807) is 12.1 Å². The van der Waals surface area contributed by atoms with Crippen LogP contribution in [0.5, 0.6) is 0 Å². The molecule has 19 heavy (non-hydrogen) atoms. The van der Waals surface area contributed by atoms with E-state index in [4.69, 9.17) is 5.26 Å². The zero-order valence-electron chi connectivity index (χ0n) is 10.9. The number of nitrogens with one attached hydrogen (secondary N) is 1. The van der Waals surface area contributed by atoms with Gasteiger partial charge in [-0.05, 0) is 43.7 Å².